The molecule has 0 unspecified atom stereocenters. The number of carbonyl (C=O) groups excluding carboxylic acids is 2. The minimum Gasteiger partial charge on any atom is -0.493 e. The van der Waals surface area contributed by atoms with Crippen LogP contribution in [0.5, 0.6) is 11.5 Å². The Bertz CT molecular complexity index is 730. The number of carbonyl (C=O) groups is 2. The molecular weight excluding hydrogens is 398 g/mol. The topological polar surface area (TPSA) is 80.3 Å². The molecule has 1 saturated carbocycles. The second kappa shape index (κ2) is 11.9. The molecule has 0 atom stereocenters. The van der Waals surface area contributed by atoms with E-state index in [9.17, 15) is 9.59 Å². The monoisotopic (exact) mass is 433 g/mol. The normalized spacial score (nSPS) is 17.4. The first kappa shape index (κ1) is 23.3. The highest BCUT2D eigenvalue weighted by Crippen LogP contribution is 2.28. The van der Waals surface area contributed by atoms with Gasteiger partial charge < -0.3 is 24.4 Å². The molecule has 8 nitrogen and oxygen atoms in total. The van der Waals surface area contributed by atoms with Gasteiger partial charge in [-0.05, 0) is 37.5 Å². The molecule has 0 aromatic heterocycles. The molecule has 1 aliphatic heterocycles. The second-order valence-electron chi connectivity index (χ2n) is 8.15. The fourth-order valence-electron chi connectivity index (χ4n) is 4.23. The lowest BCUT2D eigenvalue weighted by Gasteiger charge is -2.28. The van der Waals surface area contributed by atoms with Crippen LogP contribution in [0.15, 0.2) is 18.2 Å². The second-order valence-corrected chi connectivity index (χ2v) is 8.15. The number of methoxy groups -OCH3 is 2. The van der Waals surface area contributed by atoms with Gasteiger partial charge in [-0.15, -0.1) is 0 Å². The van der Waals surface area contributed by atoms with Crippen molar-refractivity contribution in [3.63, 3.8) is 0 Å². The predicted octanol–water partition coefficient (Wildman–Crippen LogP) is 1.93. The number of hydrogen-bond donors (Lipinski definition) is 1. The van der Waals surface area contributed by atoms with E-state index in [0.717, 1.165) is 65.0 Å². The summed E-state index contributed by atoms with van der Waals surface area (Å²) in [4.78, 5) is 29.9. The van der Waals surface area contributed by atoms with Gasteiger partial charge in [0.25, 0.3) is 5.91 Å². The fourth-order valence-corrected chi connectivity index (χ4v) is 4.23. The lowest BCUT2D eigenvalue weighted by molar-refractivity contribution is -0.122. The molecule has 0 spiro atoms. The number of morpholine rings is 1. The van der Waals surface area contributed by atoms with Crippen LogP contribution in [0, 0.1) is 0 Å². The molecular formula is C23H35N3O5. The van der Waals surface area contributed by atoms with Gasteiger partial charge in [-0.3, -0.25) is 14.5 Å². The van der Waals surface area contributed by atoms with E-state index in [0.29, 0.717) is 23.6 Å². The molecule has 8 heteroatoms. The van der Waals surface area contributed by atoms with Crippen LogP contribution in [0.1, 0.15) is 42.5 Å². The molecule has 172 valence electrons. The van der Waals surface area contributed by atoms with Crippen molar-refractivity contribution in [3.8, 4) is 11.5 Å². The molecule has 1 heterocycles. The van der Waals surface area contributed by atoms with Crippen molar-refractivity contribution < 1.29 is 23.8 Å². The van der Waals surface area contributed by atoms with E-state index in [4.69, 9.17) is 14.2 Å². The molecule has 1 aliphatic carbocycles. The largest absolute Gasteiger partial charge is 0.493 e. The number of hydrogen-bond acceptors (Lipinski definition) is 6. The minimum absolute atomic E-state index is 0.0623. The zero-order valence-electron chi connectivity index (χ0n) is 18.7. The number of amides is 2. The Morgan fingerprint density at radius 2 is 1.84 bits per heavy atom. The van der Waals surface area contributed by atoms with Crippen LogP contribution in [0.25, 0.3) is 0 Å². The Morgan fingerprint density at radius 3 is 2.52 bits per heavy atom. The van der Waals surface area contributed by atoms with Crippen molar-refractivity contribution in [2.75, 3.05) is 60.2 Å². The van der Waals surface area contributed by atoms with Gasteiger partial charge in [0.15, 0.2) is 11.5 Å². The summed E-state index contributed by atoms with van der Waals surface area (Å²) in [6.07, 6.45) is 5.14. The van der Waals surface area contributed by atoms with E-state index in [1.165, 1.54) is 0 Å². The molecule has 1 N–H and O–H groups in total. The zero-order valence-corrected chi connectivity index (χ0v) is 18.7. The molecule has 0 bridgehead atoms. The number of nitrogens with zero attached hydrogens (tertiary/aromatic N) is 2. The first-order chi connectivity index (χ1) is 15.1. The number of nitrogens with one attached hydrogen (secondary N) is 1. The van der Waals surface area contributed by atoms with Crippen molar-refractivity contribution in [2.45, 2.75) is 38.1 Å². The Labute approximate surface area is 184 Å². The Balaban J connectivity index is 1.65. The third-order valence-corrected chi connectivity index (χ3v) is 5.98. The first-order valence-electron chi connectivity index (χ1n) is 11.2. The Hall–Kier alpha value is -2.32. The van der Waals surface area contributed by atoms with Gasteiger partial charge in [0, 0.05) is 37.8 Å². The molecule has 0 radical (unpaired) electrons. The van der Waals surface area contributed by atoms with Crippen LogP contribution >= 0.6 is 0 Å². The maximum Gasteiger partial charge on any atom is 0.254 e. The highest BCUT2D eigenvalue weighted by molar-refractivity contribution is 5.97. The molecule has 1 aromatic rings. The third-order valence-electron chi connectivity index (χ3n) is 5.98. The average molecular weight is 434 g/mol. The highest BCUT2D eigenvalue weighted by atomic mass is 16.5. The van der Waals surface area contributed by atoms with Crippen LogP contribution in [-0.2, 0) is 9.53 Å². The standard InChI is InChI=1S/C23H35N3O5/c1-29-20-9-8-18(16-21(20)30-2)23(28)26(11-5-10-25-12-14-31-15-13-25)17-22(27)24-19-6-3-4-7-19/h8-9,16,19H,3-7,10-15,17H2,1-2H3,(H,24,27). The van der Waals surface area contributed by atoms with Gasteiger partial charge in [-0.25, -0.2) is 0 Å². The fraction of sp³-hybridized carbons (Fsp3) is 0.652. The number of rotatable bonds is 10. The molecule has 1 saturated heterocycles. The van der Waals surface area contributed by atoms with Gasteiger partial charge in [-0.2, -0.15) is 0 Å². The van der Waals surface area contributed by atoms with E-state index in [2.05, 4.69) is 10.2 Å². The van der Waals surface area contributed by atoms with Crippen LogP contribution in [0.2, 0.25) is 0 Å². The van der Waals surface area contributed by atoms with Crippen LogP contribution in [0.4, 0.5) is 0 Å². The summed E-state index contributed by atoms with van der Waals surface area (Å²) in [6.45, 7) is 4.77. The summed E-state index contributed by atoms with van der Waals surface area (Å²) in [5.41, 5.74) is 0.484. The smallest absolute Gasteiger partial charge is 0.254 e. The lowest BCUT2D eigenvalue weighted by Crippen LogP contribution is -2.45. The molecule has 31 heavy (non-hydrogen) atoms. The van der Waals surface area contributed by atoms with E-state index in [1.807, 2.05) is 0 Å². The summed E-state index contributed by atoms with van der Waals surface area (Å²) in [6, 6.07) is 5.34. The van der Waals surface area contributed by atoms with Crippen LogP contribution in [0.3, 0.4) is 0 Å². The first-order valence-corrected chi connectivity index (χ1v) is 11.2. The third kappa shape index (κ3) is 6.83. The van der Waals surface area contributed by atoms with E-state index in [-0.39, 0.29) is 24.4 Å². The average Bonchev–Trinajstić information content (AvgIpc) is 3.31. The molecule has 2 amide bonds. The zero-order chi connectivity index (χ0) is 22.1. The van der Waals surface area contributed by atoms with Crippen molar-refractivity contribution in [3.05, 3.63) is 23.8 Å². The molecule has 1 aromatic carbocycles. The van der Waals surface area contributed by atoms with Gasteiger partial charge in [-0.1, -0.05) is 12.8 Å². The van der Waals surface area contributed by atoms with Crippen molar-refractivity contribution in [1.29, 1.82) is 0 Å². The number of benzene rings is 1. The number of ether oxygens (including phenoxy) is 3. The van der Waals surface area contributed by atoms with Crippen molar-refractivity contribution in [2.24, 2.45) is 0 Å². The van der Waals surface area contributed by atoms with E-state index >= 15 is 0 Å². The van der Waals surface area contributed by atoms with Crippen molar-refractivity contribution in [1.82, 2.24) is 15.1 Å². The van der Waals surface area contributed by atoms with Crippen LogP contribution < -0.4 is 14.8 Å². The van der Waals surface area contributed by atoms with Gasteiger partial charge in [0.05, 0.1) is 34.0 Å². The predicted molar refractivity (Wildman–Crippen MR) is 118 cm³/mol. The SMILES string of the molecule is COc1ccc(C(=O)N(CCCN2CCOCC2)CC(=O)NC2CCCC2)cc1OC. The Morgan fingerprint density at radius 1 is 1.13 bits per heavy atom. The Kier molecular flexibility index (Phi) is 8.97. The molecule has 2 aliphatic rings. The van der Waals surface area contributed by atoms with Crippen molar-refractivity contribution >= 4 is 11.8 Å². The molecule has 3 rings (SSSR count). The minimum atomic E-state index is -0.176. The highest BCUT2D eigenvalue weighted by Gasteiger charge is 2.23. The summed E-state index contributed by atoms with van der Waals surface area (Å²) in [5.74, 6) is 0.797. The summed E-state index contributed by atoms with van der Waals surface area (Å²) < 4.78 is 16.0. The quantitative estimate of drug-likeness (QED) is 0.607. The molecule has 2 fully saturated rings. The van der Waals surface area contributed by atoms with E-state index in [1.54, 1.807) is 37.3 Å². The summed E-state index contributed by atoms with van der Waals surface area (Å²) >= 11 is 0. The van der Waals surface area contributed by atoms with E-state index < -0.39 is 0 Å². The van der Waals surface area contributed by atoms with Gasteiger partial charge in [0.1, 0.15) is 0 Å². The lowest BCUT2D eigenvalue weighted by atomic mass is 10.1. The van der Waals surface area contributed by atoms with Gasteiger partial charge >= 0.3 is 0 Å². The van der Waals surface area contributed by atoms with Gasteiger partial charge in [0.2, 0.25) is 5.91 Å². The maximum atomic E-state index is 13.3. The summed E-state index contributed by atoms with van der Waals surface area (Å²) in [7, 11) is 3.10. The maximum absolute atomic E-state index is 13.3. The van der Waals surface area contributed by atoms with Crippen LogP contribution in [-0.4, -0.2) is 87.8 Å². The summed E-state index contributed by atoms with van der Waals surface area (Å²) in [5, 5.41) is 3.09.